The molecule has 1 atom stereocenters. The minimum absolute atomic E-state index is 0.113. The monoisotopic (exact) mass is 227 g/mol. The first kappa shape index (κ1) is 10.1. The molecule has 0 aliphatic carbocycles. The van der Waals surface area contributed by atoms with E-state index in [1.807, 2.05) is 48.1 Å². The summed E-state index contributed by atoms with van der Waals surface area (Å²) in [7, 11) is 1.83. The molecule has 0 N–H and O–H groups in total. The minimum atomic E-state index is -0.271. The van der Waals surface area contributed by atoms with Gasteiger partial charge in [0.25, 0.3) is 0 Å². The highest BCUT2D eigenvalue weighted by atomic mass is 16.2. The number of imidazole rings is 1. The topological polar surface area (TPSA) is 38.1 Å². The second kappa shape index (κ2) is 3.73. The molecule has 0 spiro atoms. The van der Waals surface area contributed by atoms with E-state index in [0.29, 0.717) is 6.54 Å². The molecule has 3 rings (SSSR count). The van der Waals surface area contributed by atoms with Gasteiger partial charge in [-0.25, -0.2) is 4.98 Å². The number of benzene rings is 1. The molecular weight excluding hydrogens is 214 g/mol. The summed E-state index contributed by atoms with van der Waals surface area (Å²) in [6.45, 7) is 0.627. The van der Waals surface area contributed by atoms with E-state index in [9.17, 15) is 4.79 Å². The van der Waals surface area contributed by atoms with Crippen molar-refractivity contribution >= 4 is 5.91 Å². The van der Waals surface area contributed by atoms with E-state index in [4.69, 9.17) is 0 Å². The maximum atomic E-state index is 12.3. The third-order valence-electron chi connectivity index (χ3n) is 3.15. The molecule has 4 heteroatoms. The predicted molar refractivity (Wildman–Crippen MR) is 63.3 cm³/mol. The summed E-state index contributed by atoms with van der Waals surface area (Å²) in [5.41, 5.74) is 2.07. The van der Waals surface area contributed by atoms with E-state index < -0.39 is 0 Å². The van der Waals surface area contributed by atoms with Crippen LogP contribution in [0.4, 0.5) is 0 Å². The maximum Gasteiger partial charge on any atom is 0.250 e. The smallest absolute Gasteiger partial charge is 0.250 e. The summed E-state index contributed by atoms with van der Waals surface area (Å²) in [5, 5.41) is 0. The van der Waals surface area contributed by atoms with Crippen molar-refractivity contribution in [1.82, 2.24) is 14.5 Å². The third-order valence-corrected chi connectivity index (χ3v) is 3.15. The Hall–Kier alpha value is -2.10. The number of aromatic nitrogens is 2. The highest BCUT2D eigenvalue weighted by Gasteiger charge is 2.31. The summed E-state index contributed by atoms with van der Waals surface area (Å²) < 4.78 is 1.96. The van der Waals surface area contributed by atoms with Crippen LogP contribution in [0.15, 0.2) is 42.9 Å². The van der Waals surface area contributed by atoms with Crippen LogP contribution in [0.5, 0.6) is 0 Å². The van der Waals surface area contributed by atoms with Crippen molar-refractivity contribution in [2.24, 2.45) is 0 Å². The van der Waals surface area contributed by atoms with Gasteiger partial charge in [-0.05, 0) is 5.56 Å². The van der Waals surface area contributed by atoms with E-state index in [2.05, 4.69) is 4.98 Å². The molecule has 0 fully saturated rings. The average molecular weight is 227 g/mol. The zero-order chi connectivity index (χ0) is 11.8. The molecule has 1 unspecified atom stereocenters. The Labute approximate surface area is 99.5 Å². The zero-order valence-corrected chi connectivity index (χ0v) is 9.58. The normalized spacial score (nSPS) is 19.2. The Morgan fingerprint density at radius 2 is 2.06 bits per heavy atom. The Morgan fingerprint density at radius 1 is 1.29 bits per heavy atom. The quantitative estimate of drug-likeness (QED) is 0.739. The Morgan fingerprint density at radius 3 is 2.82 bits per heavy atom. The first-order valence-corrected chi connectivity index (χ1v) is 5.58. The van der Waals surface area contributed by atoms with Crippen molar-refractivity contribution in [2.75, 3.05) is 7.05 Å². The van der Waals surface area contributed by atoms with E-state index in [1.165, 1.54) is 0 Å². The first-order chi connectivity index (χ1) is 8.27. The number of hydrogen-bond donors (Lipinski definition) is 0. The number of carbonyl (C=O) groups is 1. The summed E-state index contributed by atoms with van der Waals surface area (Å²) in [6.07, 6.45) is 3.55. The lowest BCUT2D eigenvalue weighted by atomic mass is 10.0. The lowest BCUT2D eigenvalue weighted by Crippen LogP contribution is -2.40. The van der Waals surface area contributed by atoms with Crippen molar-refractivity contribution in [1.29, 1.82) is 0 Å². The van der Waals surface area contributed by atoms with Crippen LogP contribution in [-0.4, -0.2) is 27.4 Å². The molecule has 2 aromatic rings. The molecule has 0 radical (unpaired) electrons. The van der Waals surface area contributed by atoms with Crippen molar-refractivity contribution in [3.63, 3.8) is 0 Å². The first-order valence-electron chi connectivity index (χ1n) is 5.58. The van der Waals surface area contributed by atoms with Crippen molar-refractivity contribution in [3.05, 3.63) is 54.1 Å². The lowest BCUT2D eigenvalue weighted by molar-refractivity contribution is -0.134. The number of nitrogens with zero attached hydrogens (tertiary/aromatic N) is 3. The van der Waals surface area contributed by atoms with E-state index in [-0.39, 0.29) is 11.9 Å². The number of rotatable bonds is 1. The Kier molecular flexibility index (Phi) is 2.21. The van der Waals surface area contributed by atoms with Crippen molar-refractivity contribution in [2.45, 2.75) is 12.6 Å². The Balaban J connectivity index is 2.13. The molecule has 0 saturated heterocycles. The van der Waals surface area contributed by atoms with E-state index in [0.717, 1.165) is 11.3 Å². The molecule has 1 aliphatic heterocycles. The fourth-order valence-corrected chi connectivity index (χ4v) is 2.27. The number of hydrogen-bond acceptors (Lipinski definition) is 2. The van der Waals surface area contributed by atoms with Gasteiger partial charge in [0.05, 0.1) is 18.6 Å². The molecule has 1 amide bonds. The number of likely N-dealkylation sites (N-methyl/N-ethyl adjacent to an activating group) is 1. The van der Waals surface area contributed by atoms with Gasteiger partial charge in [-0.3, -0.25) is 4.79 Å². The van der Waals surface area contributed by atoms with Crippen molar-refractivity contribution < 1.29 is 4.79 Å². The van der Waals surface area contributed by atoms with Crippen LogP contribution in [0.1, 0.15) is 17.3 Å². The molecule has 86 valence electrons. The van der Waals surface area contributed by atoms with Crippen LogP contribution in [0.2, 0.25) is 0 Å². The molecule has 1 aliphatic rings. The van der Waals surface area contributed by atoms with Gasteiger partial charge in [-0.15, -0.1) is 0 Å². The maximum absolute atomic E-state index is 12.3. The van der Waals surface area contributed by atoms with Gasteiger partial charge in [0.2, 0.25) is 5.91 Å². The van der Waals surface area contributed by atoms with Gasteiger partial charge in [-0.1, -0.05) is 30.3 Å². The zero-order valence-electron chi connectivity index (χ0n) is 9.58. The summed E-state index contributed by atoms with van der Waals surface area (Å²) in [6, 6.07) is 9.54. The van der Waals surface area contributed by atoms with Gasteiger partial charge < -0.3 is 9.47 Å². The second-order valence-electron chi connectivity index (χ2n) is 4.30. The lowest BCUT2D eigenvalue weighted by Gasteiger charge is -2.31. The molecule has 2 heterocycles. The standard InChI is InChI=1S/C13H13N3O/c1-15-8-11-7-14-9-16(11)12(13(15)17)10-5-3-2-4-6-10/h2-7,9,12H,8H2,1H3. The molecule has 1 aromatic carbocycles. The van der Waals surface area contributed by atoms with Gasteiger partial charge in [0, 0.05) is 13.2 Å². The molecule has 4 nitrogen and oxygen atoms in total. The molecule has 0 saturated carbocycles. The van der Waals surface area contributed by atoms with Crippen LogP contribution >= 0.6 is 0 Å². The molecule has 17 heavy (non-hydrogen) atoms. The fourth-order valence-electron chi connectivity index (χ4n) is 2.27. The van der Waals surface area contributed by atoms with E-state index >= 15 is 0 Å². The van der Waals surface area contributed by atoms with Crippen LogP contribution in [-0.2, 0) is 11.3 Å². The SMILES string of the molecule is CN1Cc2cncn2C(c2ccccc2)C1=O. The molecule has 0 bridgehead atoms. The Bertz CT molecular complexity index is 547. The van der Waals surface area contributed by atoms with Crippen LogP contribution in [0.3, 0.4) is 0 Å². The highest BCUT2D eigenvalue weighted by Crippen LogP contribution is 2.27. The number of amides is 1. The highest BCUT2D eigenvalue weighted by molar-refractivity contribution is 5.84. The van der Waals surface area contributed by atoms with Crippen LogP contribution < -0.4 is 0 Å². The van der Waals surface area contributed by atoms with Crippen LogP contribution in [0, 0.1) is 0 Å². The van der Waals surface area contributed by atoms with Gasteiger partial charge in [0.1, 0.15) is 6.04 Å². The minimum Gasteiger partial charge on any atom is -0.338 e. The number of fused-ring (bicyclic) bond motifs is 1. The van der Waals surface area contributed by atoms with Gasteiger partial charge >= 0.3 is 0 Å². The predicted octanol–water partition coefficient (Wildman–Crippen LogP) is 1.44. The fraction of sp³-hybridized carbons (Fsp3) is 0.231. The molecule has 1 aromatic heterocycles. The average Bonchev–Trinajstić information content (AvgIpc) is 2.79. The van der Waals surface area contributed by atoms with Gasteiger partial charge in [-0.2, -0.15) is 0 Å². The van der Waals surface area contributed by atoms with Crippen LogP contribution in [0.25, 0.3) is 0 Å². The second-order valence-corrected chi connectivity index (χ2v) is 4.30. The van der Waals surface area contributed by atoms with Crippen molar-refractivity contribution in [3.8, 4) is 0 Å². The molecular formula is C13H13N3O. The number of carbonyl (C=O) groups excluding carboxylic acids is 1. The van der Waals surface area contributed by atoms with Gasteiger partial charge in [0.15, 0.2) is 0 Å². The third kappa shape index (κ3) is 1.53. The summed E-state index contributed by atoms with van der Waals surface area (Å²) in [4.78, 5) is 18.1. The summed E-state index contributed by atoms with van der Waals surface area (Å²) in [5.74, 6) is 0.113. The largest absolute Gasteiger partial charge is 0.338 e. The summed E-state index contributed by atoms with van der Waals surface area (Å²) >= 11 is 0. The van der Waals surface area contributed by atoms with E-state index in [1.54, 1.807) is 11.2 Å².